The van der Waals surface area contributed by atoms with Gasteiger partial charge in [0.05, 0.1) is 7.11 Å². The number of hydrogen-bond donors (Lipinski definition) is 2. The summed E-state index contributed by atoms with van der Waals surface area (Å²) in [6.45, 7) is 0. The molecule has 0 aliphatic heterocycles. The van der Waals surface area contributed by atoms with E-state index in [1.54, 1.807) is 24.5 Å². The van der Waals surface area contributed by atoms with E-state index in [2.05, 4.69) is 15.0 Å². The number of ether oxygens (including phenoxy) is 1. The average molecular weight is 224 g/mol. The van der Waals surface area contributed by atoms with Crippen LogP contribution in [0.3, 0.4) is 0 Å². The predicted octanol–water partition coefficient (Wildman–Crippen LogP) is 0.433. The third-order valence-electron chi connectivity index (χ3n) is 1.94. The molecule has 0 bridgehead atoms. The zero-order chi connectivity index (χ0) is 12.0. The number of nitrogens with zero attached hydrogens (tertiary/aromatic N) is 1. The molecule has 1 aromatic rings. The van der Waals surface area contributed by atoms with Gasteiger partial charge in [0.2, 0.25) is 0 Å². The number of hydrogen-bond acceptors (Lipinski definition) is 4. The summed E-state index contributed by atoms with van der Waals surface area (Å²) in [5.74, 6) is -1.12. The lowest BCUT2D eigenvalue weighted by atomic mass is 10.1. The maximum Gasteiger partial charge on any atom is 0.407 e. The van der Waals surface area contributed by atoms with Gasteiger partial charge in [0.25, 0.3) is 0 Å². The first kappa shape index (κ1) is 12.0. The van der Waals surface area contributed by atoms with Crippen molar-refractivity contribution >= 4 is 12.1 Å². The zero-order valence-corrected chi connectivity index (χ0v) is 8.71. The van der Waals surface area contributed by atoms with Gasteiger partial charge in [0.1, 0.15) is 6.04 Å². The third-order valence-corrected chi connectivity index (χ3v) is 1.94. The van der Waals surface area contributed by atoms with Crippen LogP contribution in [0.1, 0.15) is 5.56 Å². The molecule has 0 aromatic carbocycles. The van der Waals surface area contributed by atoms with Gasteiger partial charge >= 0.3 is 12.1 Å². The summed E-state index contributed by atoms with van der Waals surface area (Å²) in [5, 5.41) is 11.1. The van der Waals surface area contributed by atoms with Crippen LogP contribution in [0.5, 0.6) is 0 Å². The van der Waals surface area contributed by atoms with Gasteiger partial charge in [-0.05, 0) is 11.6 Å². The Morgan fingerprint density at radius 2 is 2.38 bits per heavy atom. The lowest BCUT2D eigenvalue weighted by molar-refractivity contribution is -0.139. The van der Waals surface area contributed by atoms with Gasteiger partial charge in [-0.2, -0.15) is 0 Å². The highest BCUT2D eigenvalue weighted by molar-refractivity contribution is 5.80. The van der Waals surface area contributed by atoms with Gasteiger partial charge in [0, 0.05) is 18.8 Å². The molecule has 1 heterocycles. The van der Waals surface area contributed by atoms with Crippen molar-refractivity contribution in [1.29, 1.82) is 0 Å². The topological polar surface area (TPSA) is 88.5 Å². The van der Waals surface area contributed by atoms with Crippen LogP contribution in [0.15, 0.2) is 24.5 Å². The summed E-state index contributed by atoms with van der Waals surface area (Å²) in [4.78, 5) is 25.6. The Hall–Kier alpha value is -2.11. The maximum absolute atomic E-state index is 10.9. The molecule has 1 aromatic heterocycles. The minimum Gasteiger partial charge on any atom is -0.480 e. The van der Waals surface area contributed by atoms with Crippen molar-refractivity contribution < 1.29 is 19.4 Å². The van der Waals surface area contributed by atoms with Crippen molar-refractivity contribution in [2.24, 2.45) is 0 Å². The number of carboxylic acids is 1. The fraction of sp³-hybridized carbons (Fsp3) is 0.300. The number of aliphatic carboxylic acids is 1. The Morgan fingerprint density at radius 1 is 1.62 bits per heavy atom. The minimum atomic E-state index is -1.12. The fourth-order valence-electron chi connectivity index (χ4n) is 1.16. The monoisotopic (exact) mass is 224 g/mol. The number of carbonyl (C=O) groups excluding carboxylic acids is 1. The molecular weight excluding hydrogens is 212 g/mol. The number of carbonyl (C=O) groups is 2. The fourth-order valence-corrected chi connectivity index (χ4v) is 1.16. The van der Waals surface area contributed by atoms with Gasteiger partial charge in [-0.1, -0.05) is 6.07 Å². The van der Waals surface area contributed by atoms with Crippen molar-refractivity contribution in [2.75, 3.05) is 7.11 Å². The normalized spacial score (nSPS) is 11.6. The molecule has 2 N–H and O–H groups in total. The number of aromatic nitrogens is 1. The molecule has 0 saturated heterocycles. The first-order valence-electron chi connectivity index (χ1n) is 4.59. The standard InChI is InChI=1S/C10H12N2O4/c1-16-10(15)12-8(9(13)14)5-7-3-2-4-11-6-7/h2-4,6,8H,5H2,1H3,(H,12,15)(H,13,14)/t8-/m0/s1. The molecule has 1 atom stereocenters. The molecule has 0 radical (unpaired) electrons. The molecule has 0 aliphatic carbocycles. The van der Waals surface area contributed by atoms with E-state index in [4.69, 9.17) is 5.11 Å². The lowest BCUT2D eigenvalue weighted by Gasteiger charge is -2.13. The number of alkyl carbamates (subject to hydrolysis) is 1. The van der Waals surface area contributed by atoms with Crippen LogP contribution < -0.4 is 5.32 Å². The number of rotatable bonds is 4. The molecule has 86 valence electrons. The van der Waals surface area contributed by atoms with E-state index < -0.39 is 18.1 Å². The smallest absolute Gasteiger partial charge is 0.407 e. The van der Waals surface area contributed by atoms with Crippen molar-refractivity contribution in [2.45, 2.75) is 12.5 Å². The summed E-state index contributed by atoms with van der Waals surface area (Å²) in [6, 6.07) is 2.42. The van der Waals surface area contributed by atoms with Gasteiger partial charge in [0.15, 0.2) is 0 Å². The van der Waals surface area contributed by atoms with Gasteiger partial charge in [-0.15, -0.1) is 0 Å². The highest BCUT2D eigenvalue weighted by Crippen LogP contribution is 2.01. The van der Waals surface area contributed by atoms with Crippen LogP contribution in [-0.2, 0) is 16.0 Å². The Kier molecular flexibility index (Phi) is 4.26. The molecule has 0 fully saturated rings. The Labute approximate surface area is 92.3 Å². The second-order valence-corrected chi connectivity index (χ2v) is 3.09. The predicted molar refractivity (Wildman–Crippen MR) is 54.9 cm³/mol. The minimum absolute atomic E-state index is 0.165. The first-order valence-corrected chi connectivity index (χ1v) is 4.59. The quantitative estimate of drug-likeness (QED) is 0.774. The van der Waals surface area contributed by atoms with E-state index in [1.807, 2.05) is 0 Å². The Morgan fingerprint density at radius 3 is 2.88 bits per heavy atom. The van der Waals surface area contributed by atoms with E-state index in [0.717, 1.165) is 5.56 Å². The maximum atomic E-state index is 10.9. The Balaban J connectivity index is 2.65. The molecule has 6 heteroatoms. The number of methoxy groups -OCH3 is 1. The second kappa shape index (κ2) is 5.69. The van der Waals surface area contributed by atoms with Crippen molar-refractivity contribution in [1.82, 2.24) is 10.3 Å². The molecule has 6 nitrogen and oxygen atoms in total. The number of pyridine rings is 1. The van der Waals surface area contributed by atoms with Crippen LogP contribution in [0.4, 0.5) is 4.79 Å². The van der Waals surface area contributed by atoms with E-state index in [1.165, 1.54) is 7.11 Å². The van der Waals surface area contributed by atoms with E-state index in [9.17, 15) is 9.59 Å². The molecule has 0 unspecified atom stereocenters. The van der Waals surface area contributed by atoms with Gasteiger partial charge in [-0.25, -0.2) is 9.59 Å². The van der Waals surface area contributed by atoms with Crippen LogP contribution in [0, 0.1) is 0 Å². The second-order valence-electron chi connectivity index (χ2n) is 3.09. The zero-order valence-electron chi connectivity index (χ0n) is 8.71. The molecular formula is C10H12N2O4. The van der Waals surface area contributed by atoms with E-state index >= 15 is 0 Å². The third kappa shape index (κ3) is 3.56. The summed E-state index contributed by atoms with van der Waals surface area (Å²) >= 11 is 0. The van der Waals surface area contributed by atoms with Crippen LogP contribution >= 0.6 is 0 Å². The van der Waals surface area contributed by atoms with Crippen LogP contribution in [0.25, 0.3) is 0 Å². The number of carboxylic acid groups (broad SMARTS) is 1. The number of nitrogens with one attached hydrogen (secondary N) is 1. The SMILES string of the molecule is COC(=O)N[C@@H](Cc1cccnc1)C(=O)O. The molecule has 1 rings (SSSR count). The highest BCUT2D eigenvalue weighted by atomic mass is 16.5. The molecule has 0 spiro atoms. The summed E-state index contributed by atoms with van der Waals surface area (Å²) < 4.78 is 4.34. The summed E-state index contributed by atoms with van der Waals surface area (Å²) in [5.41, 5.74) is 0.728. The summed E-state index contributed by atoms with van der Waals surface area (Å²) in [7, 11) is 1.18. The lowest BCUT2D eigenvalue weighted by Crippen LogP contribution is -2.42. The largest absolute Gasteiger partial charge is 0.480 e. The average Bonchev–Trinajstić information content (AvgIpc) is 2.29. The van der Waals surface area contributed by atoms with E-state index in [0.29, 0.717) is 0 Å². The van der Waals surface area contributed by atoms with Gasteiger partial charge < -0.3 is 15.2 Å². The summed E-state index contributed by atoms with van der Waals surface area (Å²) in [6.07, 6.45) is 2.54. The van der Waals surface area contributed by atoms with Crippen molar-refractivity contribution in [3.05, 3.63) is 30.1 Å². The van der Waals surface area contributed by atoms with Crippen molar-refractivity contribution in [3.8, 4) is 0 Å². The van der Waals surface area contributed by atoms with Gasteiger partial charge in [-0.3, -0.25) is 4.98 Å². The molecule has 1 amide bonds. The van der Waals surface area contributed by atoms with Crippen LogP contribution in [-0.4, -0.2) is 35.3 Å². The van der Waals surface area contributed by atoms with Crippen molar-refractivity contribution in [3.63, 3.8) is 0 Å². The van der Waals surface area contributed by atoms with E-state index in [-0.39, 0.29) is 6.42 Å². The molecule has 16 heavy (non-hydrogen) atoms. The highest BCUT2D eigenvalue weighted by Gasteiger charge is 2.20. The number of amides is 1. The molecule has 0 saturated carbocycles. The first-order chi connectivity index (χ1) is 7.63. The molecule has 0 aliphatic rings. The Bertz CT molecular complexity index is 366. The van der Waals surface area contributed by atoms with Crippen LogP contribution in [0.2, 0.25) is 0 Å².